The summed E-state index contributed by atoms with van der Waals surface area (Å²) >= 11 is 0. The molecule has 2 aliphatic heterocycles. The van der Waals surface area contributed by atoms with E-state index in [0.717, 1.165) is 41.9 Å². The second kappa shape index (κ2) is 12.7. The minimum atomic E-state index is -0.626. The molecule has 2 aromatic heterocycles. The zero-order valence-electron chi connectivity index (χ0n) is 28.0. The molecule has 4 aliphatic rings. The van der Waals surface area contributed by atoms with Crippen LogP contribution in [-0.4, -0.2) is 57.6 Å². The summed E-state index contributed by atoms with van der Waals surface area (Å²) in [5.41, 5.74) is 9.59. The number of amides is 1. The number of hydrogen-bond acceptors (Lipinski definition) is 7. The molecule has 0 unspecified atom stereocenters. The Kier molecular flexibility index (Phi) is 8.19. The Morgan fingerprint density at radius 2 is 1.67 bits per heavy atom. The molecular formula is C39H47N7O2. The van der Waals surface area contributed by atoms with Crippen LogP contribution in [0.15, 0.2) is 65.7 Å². The van der Waals surface area contributed by atoms with Crippen molar-refractivity contribution in [2.75, 3.05) is 36.4 Å². The summed E-state index contributed by atoms with van der Waals surface area (Å²) < 4.78 is 1.89. The molecule has 2 aromatic carbocycles. The first-order valence-electron chi connectivity index (χ1n) is 18.0. The minimum Gasteiger partial charge on any atom is -0.364 e. The summed E-state index contributed by atoms with van der Waals surface area (Å²) in [6, 6.07) is 17.7. The largest absolute Gasteiger partial charge is 0.364 e. The van der Waals surface area contributed by atoms with Gasteiger partial charge >= 0.3 is 0 Å². The monoisotopic (exact) mass is 645 g/mol. The number of primary amides is 1. The van der Waals surface area contributed by atoms with Crippen molar-refractivity contribution in [3.8, 4) is 0 Å². The molecule has 1 amide bonds. The van der Waals surface area contributed by atoms with E-state index < -0.39 is 5.91 Å². The molecule has 3 N–H and O–H groups in total. The van der Waals surface area contributed by atoms with Gasteiger partial charge in [0.15, 0.2) is 11.5 Å². The summed E-state index contributed by atoms with van der Waals surface area (Å²) in [7, 11) is 0. The first-order chi connectivity index (χ1) is 23.3. The van der Waals surface area contributed by atoms with Crippen LogP contribution in [0, 0.1) is 0 Å². The highest BCUT2D eigenvalue weighted by molar-refractivity contribution is 5.96. The molecule has 1 atom stereocenters. The Morgan fingerprint density at radius 3 is 2.40 bits per heavy atom. The highest BCUT2D eigenvalue weighted by Crippen LogP contribution is 2.41. The van der Waals surface area contributed by atoms with Crippen molar-refractivity contribution in [2.24, 2.45) is 5.73 Å². The topological polar surface area (TPSA) is 109 Å². The molecule has 2 saturated carbocycles. The summed E-state index contributed by atoms with van der Waals surface area (Å²) in [6.45, 7) is 6.14. The summed E-state index contributed by atoms with van der Waals surface area (Å²) in [5, 5.41) is 5.13. The smallest absolute Gasteiger partial charge is 0.271 e. The number of rotatable bonds is 8. The Labute approximate surface area is 282 Å². The molecule has 250 valence electrons. The zero-order valence-corrected chi connectivity index (χ0v) is 28.0. The van der Waals surface area contributed by atoms with Gasteiger partial charge in [-0.2, -0.15) is 0 Å². The molecule has 4 heterocycles. The van der Waals surface area contributed by atoms with Crippen LogP contribution in [0.2, 0.25) is 0 Å². The average Bonchev–Trinajstić information content (AvgIpc) is 3.82. The van der Waals surface area contributed by atoms with Crippen LogP contribution in [0.3, 0.4) is 0 Å². The third kappa shape index (κ3) is 6.09. The van der Waals surface area contributed by atoms with Crippen LogP contribution >= 0.6 is 0 Å². The second-order valence-electron chi connectivity index (χ2n) is 14.9. The van der Waals surface area contributed by atoms with Crippen molar-refractivity contribution in [1.29, 1.82) is 0 Å². The average molecular weight is 646 g/mol. The number of nitrogens with two attached hydrogens (primary N) is 1. The number of piperidine rings is 2. The fourth-order valence-electron chi connectivity index (χ4n) is 8.46. The van der Waals surface area contributed by atoms with Crippen molar-refractivity contribution in [2.45, 2.75) is 94.5 Å². The van der Waals surface area contributed by atoms with Gasteiger partial charge in [-0.25, -0.2) is 9.97 Å². The molecule has 9 heteroatoms. The van der Waals surface area contributed by atoms with Gasteiger partial charge in [0.25, 0.3) is 11.5 Å². The van der Waals surface area contributed by atoms with E-state index in [1.807, 2.05) is 16.8 Å². The number of fused-ring (bicyclic) bond motifs is 1. The third-order valence-corrected chi connectivity index (χ3v) is 11.7. The van der Waals surface area contributed by atoms with E-state index in [4.69, 9.17) is 10.7 Å². The first-order valence-corrected chi connectivity index (χ1v) is 18.0. The van der Waals surface area contributed by atoms with Crippen LogP contribution in [0.25, 0.3) is 10.8 Å². The standard InChI is InChI=1S/C39H47N7O2/c1-39(17-21-44(22-18-39)31-5-2-3-6-31)29-11-13-30(14-12-29)42-37-35(36(40)47)41-24-34(43-37)45-19-4-7-32(25-45)46-20-16-28-23-27(26-8-9-26)10-15-33(28)38(46)48/h10-16,20,23-24,26,31-32H,2-9,17-19,21-22,25H2,1H3,(H2,40,47)(H,42,43)/t32-/m1/s1. The number of aromatic nitrogens is 3. The van der Waals surface area contributed by atoms with Crippen molar-refractivity contribution >= 4 is 34.0 Å². The van der Waals surface area contributed by atoms with Gasteiger partial charge in [-0.05, 0) is 117 Å². The number of anilines is 3. The normalized spacial score (nSPS) is 21.9. The Hall–Kier alpha value is -4.24. The lowest BCUT2D eigenvalue weighted by Gasteiger charge is -2.42. The summed E-state index contributed by atoms with van der Waals surface area (Å²) in [5.74, 6) is 1.04. The highest BCUT2D eigenvalue weighted by Gasteiger charge is 2.35. The van der Waals surface area contributed by atoms with Gasteiger partial charge in [0.05, 0.1) is 12.2 Å². The summed E-state index contributed by atoms with van der Waals surface area (Å²) in [6.07, 6.45) is 15.7. The van der Waals surface area contributed by atoms with E-state index in [1.165, 1.54) is 75.6 Å². The lowest BCUT2D eigenvalue weighted by molar-refractivity contribution is 0.0996. The molecule has 4 aromatic rings. The second-order valence-corrected chi connectivity index (χ2v) is 14.9. The molecule has 0 bridgehead atoms. The molecule has 4 fully saturated rings. The molecule has 0 spiro atoms. The van der Waals surface area contributed by atoms with E-state index in [2.05, 4.69) is 69.5 Å². The number of carbonyl (C=O) groups is 1. The number of pyridine rings is 1. The maximum absolute atomic E-state index is 13.6. The van der Waals surface area contributed by atoms with Gasteiger partial charge in [-0.1, -0.05) is 44.0 Å². The molecule has 2 saturated heterocycles. The zero-order chi connectivity index (χ0) is 32.8. The number of nitrogens with zero attached hydrogens (tertiary/aromatic N) is 5. The predicted octanol–water partition coefficient (Wildman–Crippen LogP) is 6.65. The highest BCUT2D eigenvalue weighted by atomic mass is 16.1. The molecule has 0 radical (unpaired) electrons. The van der Waals surface area contributed by atoms with Crippen LogP contribution in [-0.2, 0) is 5.41 Å². The molecule has 48 heavy (non-hydrogen) atoms. The lowest BCUT2D eigenvalue weighted by atomic mass is 9.74. The SMILES string of the molecule is CC1(c2ccc(Nc3nc(N4CCC[C@@H](n5ccc6cc(C7CC7)ccc6c5=O)C4)cnc3C(N)=O)cc2)CCN(C2CCCC2)CC1. The molecule has 8 rings (SSSR count). The molecule has 9 nitrogen and oxygen atoms in total. The maximum atomic E-state index is 13.6. The molecule has 2 aliphatic carbocycles. The van der Waals surface area contributed by atoms with Gasteiger partial charge in [-0.3, -0.25) is 9.59 Å². The van der Waals surface area contributed by atoms with Crippen LogP contribution in [0.5, 0.6) is 0 Å². The lowest BCUT2D eigenvalue weighted by Crippen LogP contribution is -2.45. The van der Waals surface area contributed by atoms with Crippen molar-refractivity contribution < 1.29 is 4.79 Å². The number of nitrogens with one attached hydrogen (secondary N) is 1. The van der Waals surface area contributed by atoms with Crippen LogP contribution in [0.1, 0.15) is 105 Å². The summed E-state index contributed by atoms with van der Waals surface area (Å²) in [4.78, 5) is 40.2. The quantitative estimate of drug-likeness (QED) is 0.221. The van der Waals surface area contributed by atoms with Gasteiger partial charge in [0.1, 0.15) is 5.82 Å². The van der Waals surface area contributed by atoms with Crippen molar-refractivity contribution in [3.63, 3.8) is 0 Å². The van der Waals surface area contributed by atoms with Gasteiger partial charge in [-0.15, -0.1) is 0 Å². The van der Waals surface area contributed by atoms with Gasteiger partial charge in [0, 0.05) is 36.4 Å². The fourth-order valence-corrected chi connectivity index (χ4v) is 8.46. The van der Waals surface area contributed by atoms with Crippen LogP contribution < -0.4 is 21.5 Å². The fraction of sp³-hybridized carbons (Fsp3) is 0.487. The Balaban J connectivity index is 0.980. The molecular weight excluding hydrogens is 598 g/mol. The number of benzene rings is 2. The number of likely N-dealkylation sites (tertiary alicyclic amines) is 1. The minimum absolute atomic E-state index is 0.00623. The maximum Gasteiger partial charge on any atom is 0.271 e. The van der Waals surface area contributed by atoms with E-state index in [1.54, 1.807) is 6.20 Å². The van der Waals surface area contributed by atoms with Gasteiger partial charge in [0.2, 0.25) is 0 Å². The third-order valence-electron chi connectivity index (χ3n) is 11.7. The van der Waals surface area contributed by atoms with Gasteiger partial charge < -0.3 is 25.4 Å². The number of carbonyl (C=O) groups excluding carboxylic acids is 1. The van der Waals surface area contributed by atoms with E-state index in [9.17, 15) is 9.59 Å². The Bertz CT molecular complexity index is 1870. The predicted molar refractivity (Wildman–Crippen MR) is 191 cm³/mol. The van der Waals surface area contributed by atoms with Crippen molar-refractivity contribution in [3.05, 3.63) is 88.1 Å². The van der Waals surface area contributed by atoms with Crippen molar-refractivity contribution in [1.82, 2.24) is 19.4 Å². The van der Waals surface area contributed by atoms with E-state index in [-0.39, 0.29) is 22.7 Å². The van der Waals surface area contributed by atoms with E-state index in [0.29, 0.717) is 24.1 Å². The van der Waals surface area contributed by atoms with E-state index >= 15 is 0 Å². The van der Waals surface area contributed by atoms with Crippen LogP contribution in [0.4, 0.5) is 17.3 Å². The number of hydrogen-bond donors (Lipinski definition) is 2. The Morgan fingerprint density at radius 1 is 0.917 bits per heavy atom. The first kappa shape index (κ1) is 31.1.